The maximum atomic E-state index is 8.86. The zero-order valence-corrected chi connectivity index (χ0v) is 14.6. The molecule has 6 nitrogen and oxygen atoms in total. The molecule has 0 N–H and O–H groups in total. The molecule has 0 radical (unpaired) electrons. The average molecular weight is 338 g/mol. The first-order valence-corrected chi connectivity index (χ1v) is 8.28. The van der Waals surface area contributed by atoms with Crippen LogP contribution in [-0.4, -0.2) is 50.3 Å². The van der Waals surface area contributed by atoms with Crippen LogP contribution in [0, 0.1) is 11.3 Å². The molecule has 0 atom stereocenters. The lowest BCUT2D eigenvalue weighted by Gasteiger charge is -2.35. The SMILES string of the molecule is COc1ccc(OC)c(CN2CCN(c3ccc(C#N)cn3)CC2)c1. The minimum absolute atomic E-state index is 0.590. The number of benzene rings is 1. The summed E-state index contributed by atoms with van der Waals surface area (Å²) in [6, 6.07) is 11.7. The zero-order valence-electron chi connectivity index (χ0n) is 14.6. The van der Waals surface area contributed by atoms with E-state index in [-0.39, 0.29) is 0 Å². The predicted molar refractivity (Wildman–Crippen MR) is 96.0 cm³/mol. The van der Waals surface area contributed by atoms with Gasteiger partial charge in [-0.25, -0.2) is 4.98 Å². The van der Waals surface area contributed by atoms with Gasteiger partial charge in [-0.2, -0.15) is 5.26 Å². The van der Waals surface area contributed by atoms with E-state index in [2.05, 4.69) is 20.9 Å². The molecular weight excluding hydrogens is 316 g/mol. The molecule has 0 bridgehead atoms. The number of pyridine rings is 1. The number of ether oxygens (including phenoxy) is 2. The fourth-order valence-corrected chi connectivity index (χ4v) is 3.02. The molecule has 2 aromatic rings. The summed E-state index contributed by atoms with van der Waals surface area (Å²) in [5.74, 6) is 2.66. The van der Waals surface area contributed by atoms with Crippen molar-refractivity contribution in [3.05, 3.63) is 47.7 Å². The van der Waals surface area contributed by atoms with Gasteiger partial charge in [-0.15, -0.1) is 0 Å². The molecule has 1 aliphatic rings. The van der Waals surface area contributed by atoms with E-state index < -0.39 is 0 Å². The Morgan fingerprint density at radius 2 is 1.88 bits per heavy atom. The molecule has 3 rings (SSSR count). The summed E-state index contributed by atoms with van der Waals surface area (Å²) >= 11 is 0. The minimum Gasteiger partial charge on any atom is -0.497 e. The highest BCUT2D eigenvalue weighted by molar-refractivity contribution is 5.43. The quantitative estimate of drug-likeness (QED) is 0.834. The minimum atomic E-state index is 0.590. The molecule has 130 valence electrons. The Labute approximate surface area is 148 Å². The molecule has 0 saturated carbocycles. The maximum absolute atomic E-state index is 8.86. The summed E-state index contributed by atoms with van der Waals surface area (Å²) in [6.07, 6.45) is 1.63. The number of nitrogens with zero attached hydrogens (tertiary/aromatic N) is 4. The molecule has 25 heavy (non-hydrogen) atoms. The highest BCUT2D eigenvalue weighted by atomic mass is 16.5. The van der Waals surface area contributed by atoms with E-state index in [1.165, 1.54) is 0 Å². The van der Waals surface area contributed by atoms with Crippen molar-refractivity contribution in [2.75, 3.05) is 45.3 Å². The number of nitriles is 1. The summed E-state index contributed by atoms with van der Waals surface area (Å²) in [7, 11) is 3.37. The number of hydrogen-bond acceptors (Lipinski definition) is 6. The van der Waals surface area contributed by atoms with E-state index in [1.54, 1.807) is 20.4 Å². The topological polar surface area (TPSA) is 61.6 Å². The lowest BCUT2D eigenvalue weighted by molar-refractivity contribution is 0.245. The summed E-state index contributed by atoms with van der Waals surface area (Å²) in [6.45, 7) is 4.54. The van der Waals surface area contributed by atoms with Crippen LogP contribution in [0.2, 0.25) is 0 Å². The van der Waals surface area contributed by atoms with Crippen molar-refractivity contribution in [3.63, 3.8) is 0 Å². The van der Waals surface area contributed by atoms with Gasteiger partial charge in [0.05, 0.1) is 19.8 Å². The molecule has 1 fully saturated rings. The molecular formula is C19H22N4O2. The molecule has 0 amide bonds. The molecule has 1 aromatic heterocycles. The van der Waals surface area contributed by atoms with Gasteiger partial charge in [0, 0.05) is 44.5 Å². The van der Waals surface area contributed by atoms with Crippen molar-refractivity contribution < 1.29 is 9.47 Å². The number of hydrogen-bond donors (Lipinski definition) is 0. The largest absolute Gasteiger partial charge is 0.497 e. The van der Waals surface area contributed by atoms with Crippen LogP contribution in [0.5, 0.6) is 11.5 Å². The van der Waals surface area contributed by atoms with Gasteiger partial charge in [0.15, 0.2) is 0 Å². The van der Waals surface area contributed by atoms with E-state index in [0.717, 1.165) is 55.6 Å². The maximum Gasteiger partial charge on any atom is 0.128 e. The first-order valence-electron chi connectivity index (χ1n) is 8.28. The Morgan fingerprint density at radius 1 is 1.08 bits per heavy atom. The molecule has 0 aliphatic carbocycles. The fourth-order valence-electron chi connectivity index (χ4n) is 3.02. The summed E-state index contributed by atoms with van der Waals surface area (Å²) in [5, 5.41) is 8.86. The molecule has 1 aromatic carbocycles. The molecule has 2 heterocycles. The van der Waals surface area contributed by atoms with Crippen molar-refractivity contribution in [2.45, 2.75) is 6.54 Å². The number of aromatic nitrogens is 1. The normalized spacial score (nSPS) is 14.8. The van der Waals surface area contributed by atoms with E-state index in [0.29, 0.717) is 5.56 Å². The zero-order chi connectivity index (χ0) is 17.6. The number of piperazine rings is 1. The molecule has 1 aliphatic heterocycles. The van der Waals surface area contributed by atoms with Crippen LogP contribution in [0.1, 0.15) is 11.1 Å². The van der Waals surface area contributed by atoms with E-state index in [1.807, 2.05) is 30.3 Å². The average Bonchev–Trinajstić information content (AvgIpc) is 2.68. The summed E-state index contributed by atoms with van der Waals surface area (Å²) in [4.78, 5) is 9.03. The molecule has 1 saturated heterocycles. The monoisotopic (exact) mass is 338 g/mol. The van der Waals surface area contributed by atoms with Crippen LogP contribution in [-0.2, 0) is 6.54 Å². The van der Waals surface area contributed by atoms with Gasteiger partial charge in [-0.1, -0.05) is 0 Å². The number of rotatable bonds is 5. The molecule has 6 heteroatoms. The van der Waals surface area contributed by atoms with Gasteiger partial charge in [0.2, 0.25) is 0 Å². The van der Waals surface area contributed by atoms with Crippen molar-refractivity contribution in [1.82, 2.24) is 9.88 Å². The van der Waals surface area contributed by atoms with Gasteiger partial charge in [0.1, 0.15) is 23.4 Å². The Balaban J connectivity index is 1.62. The van der Waals surface area contributed by atoms with Gasteiger partial charge < -0.3 is 14.4 Å². The van der Waals surface area contributed by atoms with Crippen LogP contribution in [0.25, 0.3) is 0 Å². The third-order valence-corrected chi connectivity index (χ3v) is 4.45. The highest BCUT2D eigenvalue weighted by Crippen LogP contribution is 2.26. The first-order chi connectivity index (χ1) is 12.2. The number of anilines is 1. The summed E-state index contributed by atoms with van der Waals surface area (Å²) < 4.78 is 10.8. The Bertz CT molecular complexity index is 747. The van der Waals surface area contributed by atoms with E-state index >= 15 is 0 Å². The van der Waals surface area contributed by atoms with Crippen LogP contribution in [0.4, 0.5) is 5.82 Å². The fraction of sp³-hybridized carbons (Fsp3) is 0.368. The van der Waals surface area contributed by atoms with Crippen molar-refractivity contribution >= 4 is 5.82 Å². The number of methoxy groups -OCH3 is 2. The van der Waals surface area contributed by atoms with Crippen molar-refractivity contribution in [1.29, 1.82) is 5.26 Å². The van der Waals surface area contributed by atoms with Crippen LogP contribution >= 0.6 is 0 Å². The van der Waals surface area contributed by atoms with E-state index in [4.69, 9.17) is 14.7 Å². The lowest BCUT2D eigenvalue weighted by Crippen LogP contribution is -2.46. The Kier molecular flexibility index (Phi) is 5.36. The predicted octanol–water partition coefficient (Wildman–Crippen LogP) is 2.29. The second-order valence-electron chi connectivity index (χ2n) is 5.96. The van der Waals surface area contributed by atoms with E-state index in [9.17, 15) is 0 Å². The highest BCUT2D eigenvalue weighted by Gasteiger charge is 2.19. The molecule has 0 unspecified atom stereocenters. The second-order valence-corrected chi connectivity index (χ2v) is 5.96. The standard InChI is InChI=1S/C19H22N4O2/c1-24-17-4-5-18(25-2)16(11-17)14-22-7-9-23(10-8-22)19-6-3-15(12-20)13-21-19/h3-6,11,13H,7-10,14H2,1-2H3. The third kappa shape index (κ3) is 4.01. The molecule has 0 spiro atoms. The van der Waals surface area contributed by atoms with Crippen molar-refractivity contribution in [2.24, 2.45) is 0 Å². The Morgan fingerprint density at radius 3 is 2.48 bits per heavy atom. The van der Waals surface area contributed by atoms with Gasteiger partial charge >= 0.3 is 0 Å². The smallest absolute Gasteiger partial charge is 0.128 e. The third-order valence-electron chi connectivity index (χ3n) is 4.45. The van der Waals surface area contributed by atoms with Crippen LogP contribution in [0.15, 0.2) is 36.5 Å². The lowest BCUT2D eigenvalue weighted by atomic mass is 10.1. The second kappa shape index (κ2) is 7.86. The first kappa shape index (κ1) is 17.1. The van der Waals surface area contributed by atoms with Crippen LogP contribution < -0.4 is 14.4 Å². The van der Waals surface area contributed by atoms with Crippen LogP contribution in [0.3, 0.4) is 0 Å². The Hall–Kier alpha value is -2.78. The van der Waals surface area contributed by atoms with Gasteiger partial charge in [0.25, 0.3) is 0 Å². The van der Waals surface area contributed by atoms with Gasteiger partial charge in [-0.3, -0.25) is 4.90 Å². The van der Waals surface area contributed by atoms with Crippen molar-refractivity contribution in [3.8, 4) is 17.6 Å². The van der Waals surface area contributed by atoms with Gasteiger partial charge in [-0.05, 0) is 30.3 Å². The summed E-state index contributed by atoms with van der Waals surface area (Å²) in [5.41, 5.74) is 1.72.